The topological polar surface area (TPSA) is 127 Å². The van der Waals surface area contributed by atoms with Gasteiger partial charge in [0.1, 0.15) is 6.61 Å². The minimum Gasteiger partial charge on any atom is -0.449 e. The van der Waals surface area contributed by atoms with E-state index < -0.39 is 6.09 Å². The first-order chi connectivity index (χ1) is 24.4. The molecule has 248 valence electrons. The van der Waals surface area contributed by atoms with Crippen molar-refractivity contribution in [3.05, 3.63) is 136 Å². The monoisotopic (exact) mass is 680 g/mol. The number of ether oxygens (including phenoxy) is 1. The summed E-state index contributed by atoms with van der Waals surface area (Å²) >= 11 is 1.40. The van der Waals surface area contributed by atoms with Gasteiger partial charge in [-0.1, -0.05) is 66.7 Å². The van der Waals surface area contributed by atoms with Gasteiger partial charge in [-0.3, -0.25) is 14.9 Å². The largest absolute Gasteiger partial charge is 0.449 e. The molecule has 0 spiro atoms. The van der Waals surface area contributed by atoms with Crippen molar-refractivity contribution in [2.24, 2.45) is 0 Å². The van der Waals surface area contributed by atoms with Gasteiger partial charge in [0.2, 0.25) is 5.91 Å². The molecule has 0 radical (unpaired) electrons. The number of anilines is 2. The van der Waals surface area contributed by atoms with E-state index in [1.54, 1.807) is 16.9 Å². The molecule has 50 heavy (non-hydrogen) atoms. The molecular weight excluding hydrogens is 649 g/mol. The van der Waals surface area contributed by atoms with E-state index >= 15 is 0 Å². The van der Waals surface area contributed by atoms with Crippen LogP contribution in [0.2, 0.25) is 0 Å². The van der Waals surface area contributed by atoms with Crippen LogP contribution >= 0.6 is 11.3 Å². The van der Waals surface area contributed by atoms with E-state index in [4.69, 9.17) is 9.72 Å². The van der Waals surface area contributed by atoms with Gasteiger partial charge >= 0.3 is 6.09 Å². The van der Waals surface area contributed by atoms with Crippen LogP contribution in [-0.4, -0.2) is 39.3 Å². The van der Waals surface area contributed by atoms with E-state index in [1.165, 1.54) is 22.5 Å². The molecule has 10 nitrogen and oxygen atoms in total. The maximum Gasteiger partial charge on any atom is 0.407 e. The molecule has 2 aromatic heterocycles. The molecule has 0 saturated heterocycles. The Morgan fingerprint density at radius 2 is 1.72 bits per heavy atom. The van der Waals surface area contributed by atoms with Gasteiger partial charge in [-0.25, -0.2) is 14.5 Å². The van der Waals surface area contributed by atoms with Crippen LogP contribution in [0.5, 0.6) is 0 Å². The zero-order valence-electron chi connectivity index (χ0n) is 27.1. The molecule has 0 bridgehead atoms. The van der Waals surface area contributed by atoms with Crippen LogP contribution in [-0.2, 0) is 22.5 Å². The van der Waals surface area contributed by atoms with E-state index in [0.717, 1.165) is 49.8 Å². The minimum absolute atomic E-state index is 0.00903. The summed E-state index contributed by atoms with van der Waals surface area (Å²) in [4.78, 5) is 43.3. The zero-order chi connectivity index (χ0) is 34.2. The highest BCUT2D eigenvalue weighted by Gasteiger charge is 2.29. The Morgan fingerprint density at radius 1 is 0.940 bits per heavy atom. The first kappa shape index (κ1) is 31.2. The average molecular weight is 681 g/mol. The molecule has 3 N–H and O–H groups in total. The molecule has 1 aliphatic heterocycles. The Kier molecular flexibility index (Phi) is 8.17. The third-order valence-corrected chi connectivity index (χ3v) is 9.95. The lowest BCUT2D eigenvalue weighted by atomic mass is 9.98. The number of hydrogen-bond acceptors (Lipinski definition) is 7. The fraction of sp³-hybridized carbons (Fsp3) is 0.154. The average Bonchev–Trinajstić information content (AvgIpc) is 3.86. The van der Waals surface area contributed by atoms with Crippen LogP contribution in [0.15, 0.2) is 103 Å². The number of benzene rings is 4. The van der Waals surface area contributed by atoms with Gasteiger partial charge in [0.05, 0.1) is 11.4 Å². The first-order valence-electron chi connectivity index (χ1n) is 16.4. The van der Waals surface area contributed by atoms with Crippen LogP contribution < -0.4 is 16.0 Å². The lowest BCUT2D eigenvalue weighted by molar-refractivity contribution is -0.116. The van der Waals surface area contributed by atoms with Crippen LogP contribution in [0, 0.1) is 6.92 Å². The summed E-state index contributed by atoms with van der Waals surface area (Å²) in [5, 5.41) is 13.6. The summed E-state index contributed by atoms with van der Waals surface area (Å²) in [6.45, 7) is 2.48. The van der Waals surface area contributed by atoms with Gasteiger partial charge in [0.25, 0.3) is 5.91 Å². The standard InChI is InChI=1S/C39H32N6O4S/c1-23-36(26-13-15-33-25(20-26)14-16-35(46)41-33)42-38(50-23)43-37(47)34-17-18-45(44-34)27-8-6-7-24(19-27)21-40-39(48)49-22-32-30-11-4-2-9-28(30)29-10-3-5-12-31(29)32/h2-13,15,17-20,32H,14,16,21-22H2,1H3,(H,40,48)(H,41,46)(H,42,43,47). The van der Waals surface area contributed by atoms with Crippen molar-refractivity contribution in [2.75, 3.05) is 17.2 Å². The maximum atomic E-state index is 13.2. The lowest BCUT2D eigenvalue weighted by Gasteiger charge is -2.17. The maximum absolute atomic E-state index is 13.2. The lowest BCUT2D eigenvalue weighted by Crippen LogP contribution is -2.25. The van der Waals surface area contributed by atoms with Crippen molar-refractivity contribution in [3.63, 3.8) is 0 Å². The molecule has 0 unspecified atom stereocenters. The van der Waals surface area contributed by atoms with Crippen molar-refractivity contribution in [1.29, 1.82) is 0 Å². The van der Waals surface area contributed by atoms with Gasteiger partial charge in [-0.2, -0.15) is 5.10 Å². The predicted octanol–water partition coefficient (Wildman–Crippen LogP) is 7.48. The quantitative estimate of drug-likeness (QED) is 0.153. The van der Waals surface area contributed by atoms with Crippen molar-refractivity contribution in [3.8, 4) is 28.1 Å². The number of carbonyl (C=O) groups excluding carboxylic acids is 3. The number of amides is 3. The highest BCUT2D eigenvalue weighted by Crippen LogP contribution is 2.44. The minimum atomic E-state index is -0.490. The molecule has 3 amide bonds. The summed E-state index contributed by atoms with van der Waals surface area (Å²) in [5.74, 6) is -0.353. The number of aryl methyl sites for hydroxylation is 2. The van der Waals surface area contributed by atoms with E-state index in [0.29, 0.717) is 18.0 Å². The Hall–Kier alpha value is -6.07. The smallest absolute Gasteiger partial charge is 0.407 e. The number of thiazole rings is 1. The van der Waals surface area contributed by atoms with E-state index in [2.05, 4.69) is 45.3 Å². The Balaban J connectivity index is 0.880. The molecular formula is C39H32N6O4S. The van der Waals surface area contributed by atoms with Gasteiger partial charge in [-0.05, 0) is 77.1 Å². The second-order valence-electron chi connectivity index (χ2n) is 12.3. The second kappa shape index (κ2) is 13.1. The molecule has 2 aliphatic rings. The molecule has 11 heteroatoms. The number of hydrogen-bond donors (Lipinski definition) is 3. The summed E-state index contributed by atoms with van der Waals surface area (Å²) in [5.41, 5.74) is 10.2. The van der Waals surface area contributed by atoms with Crippen LogP contribution in [0.4, 0.5) is 15.6 Å². The number of nitrogens with zero attached hydrogens (tertiary/aromatic N) is 3. The second-order valence-corrected chi connectivity index (χ2v) is 13.5. The van der Waals surface area contributed by atoms with Crippen LogP contribution in [0.3, 0.4) is 0 Å². The normalized spacial score (nSPS) is 13.2. The van der Waals surface area contributed by atoms with Crippen molar-refractivity contribution >= 4 is 40.1 Å². The highest BCUT2D eigenvalue weighted by atomic mass is 32.1. The molecule has 8 rings (SSSR count). The summed E-state index contributed by atoms with van der Waals surface area (Å²) < 4.78 is 7.31. The Bertz CT molecular complexity index is 2250. The highest BCUT2D eigenvalue weighted by molar-refractivity contribution is 7.16. The number of fused-ring (bicyclic) bond motifs is 4. The van der Waals surface area contributed by atoms with Gasteiger partial charge in [0.15, 0.2) is 10.8 Å². The van der Waals surface area contributed by atoms with E-state index in [9.17, 15) is 14.4 Å². The summed E-state index contributed by atoms with van der Waals surface area (Å²) in [7, 11) is 0. The molecule has 0 atom stereocenters. The fourth-order valence-electron chi connectivity index (χ4n) is 6.63. The molecule has 0 fully saturated rings. The molecule has 3 heterocycles. The van der Waals surface area contributed by atoms with E-state index in [1.807, 2.05) is 73.7 Å². The molecule has 4 aromatic carbocycles. The predicted molar refractivity (Wildman–Crippen MR) is 193 cm³/mol. The number of aromatic nitrogens is 3. The first-order valence-corrected chi connectivity index (χ1v) is 17.2. The van der Waals surface area contributed by atoms with Gasteiger partial charge < -0.3 is 15.4 Å². The fourth-order valence-corrected chi connectivity index (χ4v) is 7.46. The Morgan fingerprint density at radius 3 is 2.52 bits per heavy atom. The van der Waals surface area contributed by atoms with Crippen LogP contribution in [0.1, 0.15) is 50.0 Å². The van der Waals surface area contributed by atoms with Crippen molar-refractivity contribution in [2.45, 2.75) is 32.2 Å². The zero-order valence-corrected chi connectivity index (χ0v) is 27.9. The number of carbonyl (C=O) groups is 3. The third kappa shape index (κ3) is 6.14. The number of rotatable bonds is 8. The summed E-state index contributed by atoms with van der Waals surface area (Å²) in [6.07, 6.45) is 2.37. The summed E-state index contributed by atoms with van der Waals surface area (Å²) in [6, 6.07) is 31.6. The Labute approximate surface area is 292 Å². The number of alkyl carbamates (subject to hydrolysis) is 1. The molecule has 6 aromatic rings. The van der Waals surface area contributed by atoms with Crippen LogP contribution in [0.25, 0.3) is 28.1 Å². The number of nitrogens with one attached hydrogen (secondary N) is 3. The van der Waals surface area contributed by atoms with E-state index in [-0.39, 0.29) is 36.6 Å². The van der Waals surface area contributed by atoms with Gasteiger partial charge in [-0.15, -0.1) is 11.3 Å². The SMILES string of the molecule is Cc1sc(NC(=O)c2ccn(-c3cccc(CNC(=O)OCC4c5ccccc5-c5ccccc54)c3)n2)nc1-c1ccc2c(c1)CCC(=O)N2. The molecule has 0 saturated carbocycles. The van der Waals surface area contributed by atoms with Crippen molar-refractivity contribution < 1.29 is 19.1 Å². The molecule has 1 aliphatic carbocycles. The van der Waals surface area contributed by atoms with Gasteiger partial charge in [0, 0.05) is 41.2 Å². The van der Waals surface area contributed by atoms with Crippen molar-refractivity contribution in [1.82, 2.24) is 20.1 Å². The third-order valence-electron chi connectivity index (χ3n) is 9.07.